The molecule has 29 heavy (non-hydrogen) atoms. The third-order valence-electron chi connectivity index (χ3n) is 4.64. The monoisotopic (exact) mass is 400 g/mol. The fourth-order valence-corrected chi connectivity index (χ4v) is 2.89. The highest BCUT2D eigenvalue weighted by Crippen LogP contribution is 2.29. The Labute approximate surface area is 165 Å². The third-order valence-corrected chi connectivity index (χ3v) is 4.64. The van der Waals surface area contributed by atoms with Gasteiger partial charge < -0.3 is 9.88 Å². The Morgan fingerprint density at radius 3 is 2.45 bits per heavy atom. The van der Waals surface area contributed by atoms with Crippen molar-refractivity contribution in [2.24, 2.45) is 0 Å². The van der Waals surface area contributed by atoms with E-state index in [1.807, 2.05) is 19.9 Å². The van der Waals surface area contributed by atoms with Crippen molar-refractivity contribution in [3.8, 4) is 0 Å². The molecule has 0 saturated heterocycles. The number of nitrogens with zero attached hydrogens (tertiary/aromatic N) is 1. The van der Waals surface area contributed by atoms with E-state index in [4.69, 9.17) is 0 Å². The molecule has 2 aromatic carbocycles. The van der Waals surface area contributed by atoms with Crippen LogP contribution in [0.3, 0.4) is 0 Å². The van der Waals surface area contributed by atoms with E-state index in [0.717, 1.165) is 23.3 Å². The molecule has 3 aromatic rings. The van der Waals surface area contributed by atoms with Gasteiger partial charge in [0.05, 0.1) is 12.1 Å². The molecular formula is C22H19F3N2O2. The number of carbonyl (C=O) groups is 1. The van der Waals surface area contributed by atoms with E-state index in [-0.39, 0.29) is 12.1 Å². The van der Waals surface area contributed by atoms with Gasteiger partial charge >= 0.3 is 6.18 Å². The number of amides is 1. The number of halogens is 3. The molecule has 0 fully saturated rings. The van der Waals surface area contributed by atoms with Crippen LogP contribution in [0.25, 0.3) is 0 Å². The van der Waals surface area contributed by atoms with Crippen LogP contribution < -0.4 is 10.9 Å². The summed E-state index contributed by atoms with van der Waals surface area (Å²) in [7, 11) is 0. The molecular weight excluding hydrogens is 381 g/mol. The minimum Gasteiger partial charge on any atom is -0.322 e. The van der Waals surface area contributed by atoms with Gasteiger partial charge in [0.2, 0.25) is 0 Å². The first kappa shape index (κ1) is 20.4. The first-order chi connectivity index (χ1) is 13.6. The standard InChI is InChI=1S/C22H19F3N2O2/c1-14-8-9-18(11-15(14)2)26-20(28)19-7-4-10-27(21(19)29)13-16-5-3-6-17(12-16)22(23,24)25/h3-12H,13H2,1-2H3,(H,26,28). The minimum absolute atomic E-state index is 0.0759. The molecule has 1 heterocycles. The predicted octanol–water partition coefficient (Wildman–Crippen LogP) is 4.78. The summed E-state index contributed by atoms with van der Waals surface area (Å²) in [5.74, 6) is -0.573. The Kier molecular flexibility index (Phi) is 5.59. The zero-order valence-electron chi connectivity index (χ0n) is 15.9. The van der Waals surface area contributed by atoms with Crippen LogP contribution in [0.15, 0.2) is 65.6 Å². The van der Waals surface area contributed by atoms with E-state index in [9.17, 15) is 22.8 Å². The van der Waals surface area contributed by atoms with Crippen molar-refractivity contribution in [1.82, 2.24) is 4.57 Å². The van der Waals surface area contributed by atoms with Gasteiger partial charge in [0.25, 0.3) is 11.5 Å². The van der Waals surface area contributed by atoms with Crippen LogP contribution in [0.2, 0.25) is 0 Å². The lowest BCUT2D eigenvalue weighted by Gasteiger charge is -2.11. The molecule has 0 bridgehead atoms. The van der Waals surface area contributed by atoms with Crippen LogP contribution in [0.5, 0.6) is 0 Å². The van der Waals surface area contributed by atoms with Crippen molar-refractivity contribution in [3.63, 3.8) is 0 Å². The smallest absolute Gasteiger partial charge is 0.322 e. The molecule has 0 saturated carbocycles. The molecule has 3 rings (SSSR count). The zero-order valence-corrected chi connectivity index (χ0v) is 15.9. The molecule has 1 aromatic heterocycles. The summed E-state index contributed by atoms with van der Waals surface area (Å²) in [4.78, 5) is 25.2. The second-order valence-electron chi connectivity index (χ2n) is 6.81. The number of benzene rings is 2. The summed E-state index contributed by atoms with van der Waals surface area (Å²) < 4.78 is 39.9. The van der Waals surface area contributed by atoms with Gasteiger partial charge in [-0.1, -0.05) is 18.2 Å². The largest absolute Gasteiger partial charge is 0.416 e. The van der Waals surface area contributed by atoms with Crippen molar-refractivity contribution in [2.75, 3.05) is 5.32 Å². The van der Waals surface area contributed by atoms with Crippen LogP contribution in [-0.2, 0) is 12.7 Å². The van der Waals surface area contributed by atoms with Crippen LogP contribution in [0, 0.1) is 13.8 Å². The molecule has 0 unspecified atom stereocenters. The highest BCUT2D eigenvalue weighted by molar-refractivity contribution is 6.04. The lowest BCUT2D eigenvalue weighted by atomic mass is 10.1. The molecule has 1 amide bonds. The molecule has 1 N–H and O–H groups in total. The SMILES string of the molecule is Cc1ccc(NC(=O)c2cccn(Cc3cccc(C(F)(F)F)c3)c2=O)cc1C. The summed E-state index contributed by atoms with van der Waals surface area (Å²) >= 11 is 0. The van der Waals surface area contributed by atoms with E-state index in [2.05, 4.69) is 5.32 Å². The van der Waals surface area contributed by atoms with Crippen molar-refractivity contribution in [2.45, 2.75) is 26.6 Å². The van der Waals surface area contributed by atoms with Crippen LogP contribution in [-0.4, -0.2) is 10.5 Å². The van der Waals surface area contributed by atoms with E-state index < -0.39 is 23.2 Å². The molecule has 4 nitrogen and oxygen atoms in total. The van der Waals surface area contributed by atoms with Crippen molar-refractivity contribution in [1.29, 1.82) is 0 Å². The maximum Gasteiger partial charge on any atom is 0.416 e. The first-order valence-electron chi connectivity index (χ1n) is 8.89. The van der Waals surface area contributed by atoms with Crippen LogP contribution >= 0.6 is 0 Å². The summed E-state index contributed by atoms with van der Waals surface area (Å²) in [6.07, 6.45) is -3.02. The van der Waals surface area contributed by atoms with Crippen molar-refractivity contribution < 1.29 is 18.0 Å². The molecule has 0 aliphatic heterocycles. The maximum absolute atomic E-state index is 12.9. The number of alkyl halides is 3. The Morgan fingerprint density at radius 1 is 1.00 bits per heavy atom. The minimum atomic E-state index is -4.46. The quantitative estimate of drug-likeness (QED) is 0.685. The molecule has 150 valence electrons. The Hall–Kier alpha value is -3.35. The summed E-state index contributed by atoms with van der Waals surface area (Å²) in [5.41, 5.74) is 1.50. The second kappa shape index (κ2) is 7.95. The molecule has 0 spiro atoms. The number of aryl methyl sites for hydroxylation is 2. The third kappa shape index (κ3) is 4.74. The first-order valence-corrected chi connectivity index (χ1v) is 8.89. The van der Waals surface area contributed by atoms with Gasteiger partial charge in [0.1, 0.15) is 5.56 Å². The van der Waals surface area contributed by atoms with Gasteiger partial charge in [-0.2, -0.15) is 13.2 Å². The van der Waals surface area contributed by atoms with E-state index in [0.29, 0.717) is 11.3 Å². The van der Waals surface area contributed by atoms with Gasteiger partial charge in [0.15, 0.2) is 0 Å². The fourth-order valence-electron chi connectivity index (χ4n) is 2.89. The normalized spacial score (nSPS) is 11.3. The summed E-state index contributed by atoms with van der Waals surface area (Å²) in [5, 5.41) is 2.69. The predicted molar refractivity (Wildman–Crippen MR) is 105 cm³/mol. The molecule has 0 radical (unpaired) electrons. The number of hydrogen-bond donors (Lipinski definition) is 1. The van der Waals surface area contributed by atoms with E-state index >= 15 is 0 Å². The fraction of sp³-hybridized carbons (Fsp3) is 0.182. The Morgan fingerprint density at radius 2 is 1.76 bits per heavy atom. The zero-order chi connectivity index (χ0) is 21.2. The van der Waals surface area contributed by atoms with Gasteiger partial charge in [-0.3, -0.25) is 9.59 Å². The molecule has 0 atom stereocenters. The highest BCUT2D eigenvalue weighted by atomic mass is 19.4. The van der Waals surface area contributed by atoms with Crippen LogP contribution in [0.4, 0.5) is 18.9 Å². The Balaban J connectivity index is 1.85. The van der Waals surface area contributed by atoms with E-state index in [1.54, 1.807) is 12.1 Å². The van der Waals surface area contributed by atoms with Gasteiger partial charge in [-0.05, 0) is 66.9 Å². The second-order valence-corrected chi connectivity index (χ2v) is 6.81. The van der Waals surface area contributed by atoms with Gasteiger partial charge in [-0.15, -0.1) is 0 Å². The number of rotatable bonds is 4. The van der Waals surface area contributed by atoms with Crippen molar-refractivity contribution >= 4 is 11.6 Å². The van der Waals surface area contributed by atoms with Crippen LogP contribution in [0.1, 0.15) is 32.6 Å². The average Bonchev–Trinajstić information content (AvgIpc) is 2.66. The molecule has 7 heteroatoms. The number of aromatic nitrogens is 1. The lowest BCUT2D eigenvalue weighted by Crippen LogP contribution is -2.29. The number of carbonyl (C=O) groups excluding carboxylic acids is 1. The number of anilines is 1. The number of nitrogens with one attached hydrogen (secondary N) is 1. The lowest BCUT2D eigenvalue weighted by molar-refractivity contribution is -0.137. The summed E-state index contributed by atoms with van der Waals surface area (Å²) in [6.45, 7) is 3.79. The molecule has 0 aliphatic rings. The average molecular weight is 400 g/mol. The topological polar surface area (TPSA) is 51.1 Å². The van der Waals surface area contributed by atoms with E-state index in [1.165, 1.54) is 35.0 Å². The van der Waals surface area contributed by atoms with Crippen molar-refractivity contribution in [3.05, 3.63) is 99.0 Å². The molecule has 0 aliphatic carbocycles. The van der Waals surface area contributed by atoms with Gasteiger partial charge in [0, 0.05) is 11.9 Å². The summed E-state index contributed by atoms with van der Waals surface area (Å²) in [6, 6.07) is 13.1. The highest BCUT2D eigenvalue weighted by Gasteiger charge is 2.30. The Bertz CT molecular complexity index is 1120. The van der Waals surface area contributed by atoms with Gasteiger partial charge in [-0.25, -0.2) is 0 Å². The number of pyridine rings is 1. The number of hydrogen-bond acceptors (Lipinski definition) is 2. The maximum atomic E-state index is 12.9.